The summed E-state index contributed by atoms with van der Waals surface area (Å²) in [6.07, 6.45) is 3.60. The number of hydrogen-bond donors (Lipinski definition) is 0. The van der Waals surface area contributed by atoms with Crippen LogP contribution in [0.5, 0.6) is 0 Å². The first-order valence-electron chi connectivity index (χ1n) is 7.60. The summed E-state index contributed by atoms with van der Waals surface area (Å²) in [5, 5.41) is 2.31. The topological polar surface area (TPSA) is 54.3 Å². The molecule has 0 aliphatic carbocycles. The smallest absolute Gasteiger partial charge is 2.00 e. The van der Waals surface area contributed by atoms with Crippen molar-refractivity contribution >= 4 is 47.1 Å². The first kappa shape index (κ1) is 22.3. The summed E-state index contributed by atoms with van der Waals surface area (Å²) in [6, 6.07) is 15.8. The number of para-hydroxylation sites is 2. The zero-order valence-corrected chi connectivity index (χ0v) is 17.4. The Bertz CT molecular complexity index is 859. The van der Waals surface area contributed by atoms with Crippen LogP contribution in [-0.2, 0) is 49.3 Å². The van der Waals surface area contributed by atoms with Gasteiger partial charge in [0, 0.05) is 23.2 Å². The normalized spacial score (nSPS) is 9.62. The van der Waals surface area contributed by atoms with Gasteiger partial charge in [-0.1, -0.05) is 36.4 Å². The van der Waals surface area contributed by atoms with E-state index in [1.807, 2.05) is 48.5 Å². The number of benzene rings is 2. The molecule has 2 aromatic heterocycles. The molecule has 6 heteroatoms. The van der Waals surface area contributed by atoms with Crippen LogP contribution in [0.4, 0.5) is 0 Å². The van der Waals surface area contributed by atoms with Crippen LogP contribution in [0.2, 0.25) is 0 Å². The summed E-state index contributed by atoms with van der Waals surface area (Å²) < 4.78 is 0. The number of rotatable bonds is 0. The van der Waals surface area contributed by atoms with Crippen molar-refractivity contribution in [1.29, 1.82) is 0 Å². The molecule has 129 valence electrons. The minimum Gasteiger partial charge on any atom is -2.00 e. The van der Waals surface area contributed by atoms with Gasteiger partial charge in [0.15, 0.2) is 0 Å². The molecule has 0 saturated carbocycles. The molecule has 4 aromatic rings. The molecule has 0 aliphatic heterocycles. The fraction of sp³-hybridized carbons (Fsp3) is 0.100. The van der Waals surface area contributed by atoms with E-state index < -0.39 is 0 Å². The number of fused-ring (bicyclic) bond motifs is 2. The van der Waals surface area contributed by atoms with E-state index in [1.54, 1.807) is 12.4 Å². The molecule has 0 spiro atoms. The van der Waals surface area contributed by atoms with Crippen LogP contribution < -0.4 is 0 Å². The Labute approximate surface area is 176 Å². The van der Waals surface area contributed by atoms with Crippen LogP contribution in [0.1, 0.15) is 11.1 Å². The van der Waals surface area contributed by atoms with Gasteiger partial charge in [0.2, 0.25) is 0 Å². The van der Waals surface area contributed by atoms with Crippen molar-refractivity contribution in [2.75, 3.05) is 0 Å². The van der Waals surface area contributed by atoms with E-state index in [0.29, 0.717) is 0 Å². The van der Waals surface area contributed by atoms with E-state index in [-0.39, 0.29) is 24.0 Å². The number of pyridine rings is 2. The number of hydrogen-bond acceptors (Lipinski definition) is 4. The Morgan fingerprint density at radius 2 is 1.04 bits per heavy atom. The van der Waals surface area contributed by atoms with Crippen molar-refractivity contribution in [1.82, 2.24) is 9.97 Å². The van der Waals surface area contributed by atoms with Gasteiger partial charge in [-0.15, -0.1) is 9.79 Å². The molecular formula is C20H16N2OS2V. The van der Waals surface area contributed by atoms with Crippen molar-refractivity contribution in [2.45, 2.75) is 23.6 Å². The van der Waals surface area contributed by atoms with E-state index in [9.17, 15) is 0 Å². The predicted molar refractivity (Wildman–Crippen MR) is 105 cm³/mol. The second-order valence-electron chi connectivity index (χ2n) is 5.56. The summed E-state index contributed by atoms with van der Waals surface area (Å²) in [6.45, 7) is 4.14. The van der Waals surface area contributed by atoms with Gasteiger partial charge in [-0.3, -0.25) is 9.97 Å². The summed E-state index contributed by atoms with van der Waals surface area (Å²) >= 11 is 10.3. The first-order valence-corrected chi connectivity index (χ1v) is 8.42. The van der Waals surface area contributed by atoms with Crippen LogP contribution in [0.15, 0.2) is 70.7 Å². The molecule has 0 amide bonds. The first-order chi connectivity index (χ1) is 11.6. The van der Waals surface area contributed by atoms with Crippen molar-refractivity contribution < 1.29 is 24.0 Å². The van der Waals surface area contributed by atoms with Gasteiger partial charge < -0.3 is 30.7 Å². The third-order valence-corrected chi connectivity index (χ3v) is 4.56. The van der Waals surface area contributed by atoms with E-state index in [2.05, 4.69) is 23.8 Å². The molecule has 0 unspecified atom stereocenters. The fourth-order valence-electron chi connectivity index (χ4n) is 2.57. The largest absolute Gasteiger partial charge is 4.00 e. The van der Waals surface area contributed by atoms with E-state index in [4.69, 9.17) is 25.3 Å². The van der Waals surface area contributed by atoms with Crippen LogP contribution in [0.3, 0.4) is 0 Å². The third-order valence-electron chi connectivity index (χ3n) is 3.90. The zero-order chi connectivity index (χ0) is 17.1. The molecule has 0 saturated heterocycles. The van der Waals surface area contributed by atoms with E-state index in [1.165, 1.54) is 11.1 Å². The molecule has 3 nitrogen and oxygen atoms in total. The van der Waals surface area contributed by atoms with Gasteiger partial charge in [0.05, 0.1) is 11.0 Å². The zero-order valence-electron chi connectivity index (χ0n) is 14.3. The van der Waals surface area contributed by atoms with Gasteiger partial charge in [-0.05, 0) is 37.1 Å². The maximum absolute atomic E-state index is 5.15. The summed E-state index contributed by atoms with van der Waals surface area (Å²) in [7, 11) is 0. The number of aromatic nitrogens is 2. The van der Waals surface area contributed by atoms with Gasteiger partial charge in [0.25, 0.3) is 0 Å². The monoisotopic (exact) mass is 415 g/mol. The molecule has 1 radical (unpaired) electrons. The molecule has 2 heterocycles. The van der Waals surface area contributed by atoms with Crippen LogP contribution >= 0.6 is 0 Å². The number of nitrogens with zero attached hydrogens (tertiary/aromatic N) is 2. The van der Waals surface area contributed by atoms with Crippen molar-refractivity contribution in [3.63, 3.8) is 0 Å². The molecule has 0 bridgehead atoms. The molecular weight excluding hydrogens is 399 g/mol. The van der Waals surface area contributed by atoms with Crippen molar-refractivity contribution in [3.05, 3.63) is 72.1 Å². The predicted octanol–water partition coefficient (Wildman–Crippen LogP) is 4.78. The maximum atomic E-state index is 5.15. The van der Waals surface area contributed by atoms with Crippen LogP contribution in [-0.4, -0.2) is 9.97 Å². The Balaban J connectivity index is 0.000000241. The molecule has 26 heavy (non-hydrogen) atoms. The standard InChI is InChI=1S/2C10H9NS.O.V/c2*1-7-5-6-11-10-8(7)3-2-4-9(10)12;;/h2*2-6,12H,1H3;;/q;;-2;+4/p-2. The number of aryl methyl sites for hydroxylation is 2. The SMILES string of the molecule is Cc1ccnc2c([S-])cccc12.Cc1ccnc2c([S-])cccc12.[O-2].[V+4]. The minimum atomic E-state index is 0. The summed E-state index contributed by atoms with van der Waals surface area (Å²) in [4.78, 5) is 10.1. The van der Waals surface area contributed by atoms with Gasteiger partial charge in [-0.2, -0.15) is 0 Å². The van der Waals surface area contributed by atoms with Gasteiger partial charge >= 0.3 is 18.6 Å². The average molecular weight is 415 g/mol. The Hall–Kier alpha value is -1.76. The molecule has 4 rings (SSSR count). The fourth-order valence-corrected chi connectivity index (χ4v) is 3.06. The molecule has 0 aliphatic rings. The summed E-state index contributed by atoms with van der Waals surface area (Å²) in [5.41, 5.74) is 4.33. The molecule has 0 atom stereocenters. The van der Waals surface area contributed by atoms with Crippen molar-refractivity contribution in [3.8, 4) is 0 Å². The Kier molecular flexibility index (Phi) is 8.41. The quantitative estimate of drug-likeness (QED) is 0.388. The van der Waals surface area contributed by atoms with Gasteiger partial charge in [-0.25, -0.2) is 0 Å². The third kappa shape index (κ3) is 4.69. The van der Waals surface area contributed by atoms with Crippen LogP contribution in [0, 0.1) is 13.8 Å². The van der Waals surface area contributed by atoms with Crippen LogP contribution in [0.25, 0.3) is 21.8 Å². The Morgan fingerprint density at radius 3 is 1.38 bits per heavy atom. The summed E-state index contributed by atoms with van der Waals surface area (Å²) in [5.74, 6) is 0. The molecule has 0 fully saturated rings. The second kappa shape index (κ2) is 9.81. The molecule has 2 aromatic carbocycles. The van der Waals surface area contributed by atoms with Crippen molar-refractivity contribution in [2.24, 2.45) is 0 Å². The molecule has 0 N–H and O–H groups in total. The Morgan fingerprint density at radius 1 is 0.654 bits per heavy atom. The average Bonchev–Trinajstić information content (AvgIpc) is 2.58. The van der Waals surface area contributed by atoms with E-state index >= 15 is 0 Å². The minimum absolute atomic E-state index is 0. The maximum Gasteiger partial charge on any atom is 4.00 e. The van der Waals surface area contributed by atoms with E-state index in [0.717, 1.165) is 31.6 Å². The second-order valence-corrected chi connectivity index (χ2v) is 6.44. The van der Waals surface area contributed by atoms with Gasteiger partial charge in [0.1, 0.15) is 0 Å².